The van der Waals surface area contributed by atoms with E-state index in [1.165, 1.54) is 7.11 Å². The fourth-order valence-corrected chi connectivity index (χ4v) is 3.54. The number of benzene rings is 1. The molecule has 0 saturated heterocycles. The first kappa shape index (κ1) is 27.6. The highest BCUT2D eigenvalue weighted by molar-refractivity contribution is 6.08. The van der Waals surface area contributed by atoms with E-state index in [0.29, 0.717) is 34.4 Å². The average molecular weight is 555 g/mol. The third-order valence-corrected chi connectivity index (χ3v) is 5.29. The second-order valence-corrected chi connectivity index (χ2v) is 7.76. The summed E-state index contributed by atoms with van der Waals surface area (Å²) >= 11 is 0. The van der Waals surface area contributed by atoms with Crippen LogP contribution in [0.5, 0.6) is 11.6 Å². The van der Waals surface area contributed by atoms with Crippen molar-refractivity contribution in [2.45, 2.75) is 6.18 Å². The van der Waals surface area contributed by atoms with Gasteiger partial charge in [0.15, 0.2) is 11.5 Å². The zero-order valence-electron chi connectivity index (χ0n) is 20.8. The Balaban J connectivity index is 0.000000470. The van der Waals surface area contributed by atoms with Crippen molar-refractivity contribution < 1.29 is 37.3 Å². The van der Waals surface area contributed by atoms with Crippen molar-refractivity contribution in [3.8, 4) is 28.8 Å². The molecule has 40 heavy (non-hydrogen) atoms. The van der Waals surface area contributed by atoms with Crippen molar-refractivity contribution in [1.82, 2.24) is 29.1 Å². The summed E-state index contributed by atoms with van der Waals surface area (Å²) < 4.78 is 45.9. The molecular formula is C25H20F3N7O5. The molecule has 206 valence electrons. The average Bonchev–Trinajstić information content (AvgIpc) is 3.58. The number of nitrogens with zero attached hydrogens (tertiary/aromatic N) is 6. The Kier molecular flexibility index (Phi) is 7.93. The first-order valence-corrected chi connectivity index (χ1v) is 11.3. The van der Waals surface area contributed by atoms with E-state index in [9.17, 15) is 18.0 Å². The topological polar surface area (TPSA) is 146 Å². The number of ether oxygens (including phenoxy) is 2. The summed E-state index contributed by atoms with van der Waals surface area (Å²) in [5.41, 5.74) is 2.69. The minimum absolute atomic E-state index is 0.211. The maximum absolute atomic E-state index is 13.2. The van der Waals surface area contributed by atoms with E-state index in [-0.39, 0.29) is 5.69 Å². The smallest absolute Gasteiger partial charge is 0.490 e. The number of pyridine rings is 1. The standard InChI is InChI=1S/C23H19N7O3.C2HF3O2/c1-32-16-6-3-5-15(13-16)30-18(8-10-26-30)21-28-20(19-14-24-11-12-29(19)21)22(31)27-17-7-4-9-25-23(17)33-2;3-2(4,5)1(6)7/h3-14H,1-2H3,(H,27,31);(H,6,7). The molecule has 5 rings (SSSR count). The van der Waals surface area contributed by atoms with Crippen molar-refractivity contribution in [2.24, 2.45) is 0 Å². The number of imidazole rings is 1. The van der Waals surface area contributed by atoms with E-state index in [1.54, 1.807) is 59.3 Å². The van der Waals surface area contributed by atoms with Crippen LogP contribution in [0, 0.1) is 0 Å². The van der Waals surface area contributed by atoms with Crippen LogP contribution in [0.3, 0.4) is 0 Å². The van der Waals surface area contributed by atoms with E-state index in [4.69, 9.17) is 19.4 Å². The predicted octanol–water partition coefficient (Wildman–Crippen LogP) is 3.88. The number of nitrogens with one attached hydrogen (secondary N) is 1. The van der Waals surface area contributed by atoms with Gasteiger partial charge in [-0.2, -0.15) is 18.3 Å². The number of anilines is 1. The van der Waals surface area contributed by atoms with Crippen molar-refractivity contribution in [1.29, 1.82) is 0 Å². The van der Waals surface area contributed by atoms with Crippen LogP contribution in [-0.4, -0.2) is 66.5 Å². The third kappa shape index (κ3) is 5.82. The van der Waals surface area contributed by atoms with Gasteiger partial charge in [-0.15, -0.1) is 0 Å². The number of aliphatic carboxylic acids is 1. The number of carbonyl (C=O) groups is 2. The molecule has 15 heteroatoms. The lowest BCUT2D eigenvalue weighted by Crippen LogP contribution is -2.21. The largest absolute Gasteiger partial charge is 0.497 e. The van der Waals surface area contributed by atoms with E-state index >= 15 is 0 Å². The minimum atomic E-state index is -5.08. The molecule has 0 fully saturated rings. The number of amides is 1. The summed E-state index contributed by atoms with van der Waals surface area (Å²) in [6, 6.07) is 12.8. The van der Waals surface area contributed by atoms with Crippen LogP contribution < -0.4 is 14.8 Å². The molecule has 12 nitrogen and oxygen atoms in total. The molecule has 4 aromatic heterocycles. The summed E-state index contributed by atoms with van der Waals surface area (Å²) in [7, 11) is 3.10. The number of carbonyl (C=O) groups excluding carboxylic acids is 1. The molecule has 0 aliphatic carbocycles. The summed E-state index contributed by atoms with van der Waals surface area (Å²) in [4.78, 5) is 35.0. The third-order valence-electron chi connectivity index (χ3n) is 5.29. The molecule has 5 aromatic rings. The molecule has 0 saturated carbocycles. The lowest BCUT2D eigenvalue weighted by Gasteiger charge is -2.08. The summed E-state index contributed by atoms with van der Waals surface area (Å²) in [5, 5.41) is 14.4. The highest BCUT2D eigenvalue weighted by atomic mass is 19.4. The van der Waals surface area contributed by atoms with E-state index in [0.717, 1.165) is 5.69 Å². The first-order chi connectivity index (χ1) is 19.1. The van der Waals surface area contributed by atoms with Crippen LogP contribution in [0.25, 0.3) is 22.7 Å². The molecule has 0 atom stereocenters. The Hall–Kier alpha value is -5.47. The van der Waals surface area contributed by atoms with Crippen LogP contribution in [0.4, 0.5) is 18.9 Å². The Bertz CT molecular complexity index is 1670. The van der Waals surface area contributed by atoms with E-state index in [2.05, 4.69) is 25.4 Å². The van der Waals surface area contributed by atoms with Gasteiger partial charge in [0.2, 0.25) is 5.88 Å². The van der Waals surface area contributed by atoms with Gasteiger partial charge in [-0.25, -0.2) is 19.4 Å². The Labute approximate surface area is 223 Å². The van der Waals surface area contributed by atoms with Crippen molar-refractivity contribution in [2.75, 3.05) is 19.5 Å². The van der Waals surface area contributed by atoms with Crippen molar-refractivity contribution in [3.05, 3.63) is 79.1 Å². The molecule has 0 unspecified atom stereocenters. The number of hydrogen-bond donors (Lipinski definition) is 2. The molecule has 0 spiro atoms. The first-order valence-electron chi connectivity index (χ1n) is 11.3. The van der Waals surface area contributed by atoms with Gasteiger partial charge in [-0.3, -0.25) is 14.2 Å². The van der Waals surface area contributed by atoms with Crippen molar-refractivity contribution in [3.63, 3.8) is 0 Å². The molecule has 0 bridgehead atoms. The highest BCUT2D eigenvalue weighted by Crippen LogP contribution is 2.27. The highest BCUT2D eigenvalue weighted by Gasteiger charge is 2.38. The minimum Gasteiger partial charge on any atom is -0.497 e. The van der Waals surface area contributed by atoms with Crippen LogP contribution in [0.15, 0.2) is 73.4 Å². The van der Waals surface area contributed by atoms with Gasteiger partial charge in [0, 0.05) is 24.7 Å². The summed E-state index contributed by atoms with van der Waals surface area (Å²) in [6.45, 7) is 0. The van der Waals surface area contributed by atoms with Crippen LogP contribution >= 0.6 is 0 Å². The number of methoxy groups -OCH3 is 2. The molecule has 0 radical (unpaired) electrons. The number of rotatable bonds is 6. The SMILES string of the molecule is COc1cccc(-n2nccc2-c2nc(C(=O)Nc3cccnc3OC)c3cnccn23)c1.O=C(O)C(F)(F)F. The van der Waals surface area contributed by atoms with Gasteiger partial charge in [-0.05, 0) is 30.3 Å². The van der Waals surface area contributed by atoms with Gasteiger partial charge < -0.3 is 19.9 Å². The fraction of sp³-hybridized carbons (Fsp3) is 0.120. The van der Waals surface area contributed by atoms with Gasteiger partial charge in [-0.1, -0.05) is 6.07 Å². The maximum Gasteiger partial charge on any atom is 0.490 e. The Morgan fingerprint density at radius 3 is 2.50 bits per heavy atom. The number of aromatic nitrogens is 6. The second kappa shape index (κ2) is 11.5. The molecule has 1 amide bonds. The number of halogens is 3. The summed E-state index contributed by atoms with van der Waals surface area (Å²) in [6.07, 6.45) is 3.16. The van der Waals surface area contributed by atoms with Crippen LogP contribution in [0.1, 0.15) is 10.5 Å². The van der Waals surface area contributed by atoms with Gasteiger partial charge in [0.1, 0.15) is 17.1 Å². The lowest BCUT2D eigenvalue weighted by atomic mass is 10.3. The van der Waals surface area contributed by atoms with Crippen LogP contribution in [-0.2, 0) is 4.79 Å². The Morgan fingerprint density at radius 1 is 1.02 bits per heavy atom. The molecular weight excluding hydrogens is 535 g/mol. The van der Waals surface area contributed by atoms with E-state index < -0.39 is 18.1 Å². The summed E-state index contributed by atoms with van der Waals surface area (Å²) in [5.74, 6) is -1.62. The predicted molar refractivity (Wildman–Crippen MR) is 135 cm³/mol. The van der Waals surface area contributed by atoms with Crippen LogP contribution in [0.2, 0.25) is 0 Å². The number of carboxylic acids is 1. The lowest BCUT2D eigenvalue weighted by molar-refractivity contribution is -0.192. The fourth-order valence-electron chi connectivity index (χ4n) is 3.54. The quantitative estimate of drug-likeness (QED) is 0.319. The maximum atomic E-state index is 13.2. The zero-order chi connectivity index (χ0) is 28.9. The van der Waals surface area contributed by atoms with Gasteiger partial charge in [0.25, 0.3) is 5.91 Å². The zero-order valence-corrected chi connectivity index (χ0v) is 20.8. The van der Waals surface area contributed by atoms with E-state index in [1.807, 2.05) is 30.3 Å². The molecule has 0 aliphatic rings. The van der Waals surface area contributed by atoms with Crippen molar-refractivity contribution >= 4 is 23.1 Å². The molecule has 0 aliphatic heterocycles. The normalized spacial score (nSPS) is 10.9. The number of fused-ring (bicyclic) bond motifs is 1. The molecule has 1 aromatic carbocycles. The van der Waals surface area contributed by atoms with Gasteiger partial charge >= 0.3 is 12.1 Å². The number of carboxylic acid groups (broad SMARTS) is 1. The second-order valence-electron chi connectivity index (χ2n) is 7.76. The molecule has 4 heterocycles. The molecule has 2 N–H and O–H groups in total. The van der Waals surface area contributed by atoms with Gasteiger partial charge in [0.05, 0.1) is 37.8 Å². The monoisotopic (exact) mass is 555 g/mol. The number of alkyl halides is 3. The Morgan fingerprint density at radius 2 is 1.80 bits per heavy atom. The number of hydrogen-bond acceptors (Lipinski definition) is 8.